The van der Waals surface area contributed by atoms with Gasteiger partial charge in [-0.3, -0.25) is 0 Å². The van der Waals surface area contributed by atoms with Gasteiger partial charge in [-0.1, -0.05) is 0 Å². The Labute approximate surface area is 111 Å². The smallest absolute Gasteiger partial charge is 0.187 e. The molecular weight excluding hydrogens is 246 g/mol. The van der Waals surface area contributed by atoms with Crippen molar-refractivity contribution in [2.45, 2.75) is 0 Å². The van der Waals surface area contributed by atoms with Gasteiger partial charge in [-0.05, 0) is 12.1 Å². The average molecular weight is 263 g/mol. The van der Waals surface area contributed by atoms with Crippen LogP contribution >= 0.6 is 0 Å². The number of hydrogen-bond acceptors (Lipinski definition) is 6. The summed E-state index contributed by atoms with van der Waals surface area (Å²) in [5.41, 5.74) is 0.719. The SMILES string of the molecule is COCCNc1ncnc2c(OC)c(OC)ccc12. The molecule has 2 rings (SSSR count). The Hall–Kier alpha value is -2.08. The van der Waals surface area contributed by atoms with Crippen molar-refractivity contribution >= 4 is 16.7 Å². The predicted molar refractivity (Wildman–Crippen MR) is 73.0 cm³/mol. The van der Waals surface area contributed by atoms with Gasteiger partial charge < -0.3 is 19.5 Å². The summed E-state index contributed by atoms with van der Waals surface area (Å²) in [4.78, 5) is 8.50. The van der Waals surface area contributed by atoms with Crippen molar-refractivity contribution < 1.29 is 14.2 Å². The highest BCUT2D eigenvalue weighted by molar-refractivity contribution is 5.94. The van der Waals surface area contributed by atoms with E-state index in [1.165, 1.54) is 6.33 Å². The van der Waals surface area contributed by atoms with Gasteiger partial charge in [0.15, 0.2) is 11.5 Å². The van der Waals surface area contributed by atoms with E-state index >= 15 is 0 Å². The molecule has 1 heterocycles. The van der Waals surface area contributed by atoms with Gasteiger partial charge >= 0.3 is 0 Å². The van der Waals surface area contributed by atoms with E-state index in [0.29, 0.717) is 24.7 Å². The molecule has 0 aliphatic carbocycles. The molecule has 0 unspecified atom stereocenters. The predicted octanol–water partition coefficient (Wildman–Crippen LogP) is 1.71. The molecule has 2 aromatic rings. The van der Waals surface area contributed by atoms with E-state index in [1.807, 2.05) is 12.1 Å². The lowest BCUT2D eigenvalue weighted by Crippen LogP contribution is -2.09. The number of aromatic nitrogens is 2. The number of rotatable bonds is 6. The molecule has 1 aromatic carbocycles. The van der Waals surface area contributed by atoms with Gasteiger partial charge in [0.25, 0.3) is 0 Å². The van der Waals surface area contributed by atoms with E-state index in [4.69, 9.17) is 14.2 Å². The van der Waals surface area contributed by atoms with Crippen LogP contribution in [0.4, 0.5) is 5.82 Å². The fourth-order valence-corrected chi connectivity index (χ4v) is 1.86. The quantitative estimate of drug-likeness (QED) is 0.800. The molecule has 1 N–H and O–H groups in total. The number of methoxy groups -OCH3 is 3. The summed E-state index contributed by atoms with van der Waals surface area (Å²) in [5.74, 6) is 2.01. The fraction of sp³-hybridized carbons (Fsp3) is 0.385. The van der Waals surface area contributed by atoms with Gasteiger partial charge in [-0.15, -0.1) is 0 Å². The van der Waals surface area contributed by atoms with Crippen LogP contribution in [-0.4, -0.2) is 44.4 Å². The third-order valence-electron chi connectivity index (χ3n) is 2.75. The minimum atomic E-state index is 0.609. The van der Waals surface area contributed by atoms with Crippen molar-refractivity contribution in [2.24, 2.45) is 0 Å². The van der Waals surface area contributed by atoms with Crippen LogP contribution in [0.5, 0.6) is 11.5 Å². The second kappa shape index (κ2) is 6.19. The number of ether oxygens (including phenoxy) is 3. The molecule has 6 heteroatoms. The van der Waals surface area contributed by atoms with Gasteiger partial charge in [0.05, 0.1) is 20.8 Å². The lowest BCUT2D eigenvalue weighted by atomic mass is 10.2. The third-order valence-corrected chi connectivity index (χ3v) is 2.75. The van der Waals surface area contributed by atoms with Crippen LogP contribution in [0.3, 0.4) is 0 Å². The lowest BCUT2D eigenvalue weighted by Gasteiger charge is -2.12. The van der Waals surface area contributed by atoms with E-state index in [0.717, 1.165) is 16.7 Å². The van der Waals surface area contributed by atoms with E-state index in [2.05, 4.69) is 15.3 Å². The second-order valence-electron chi connectivity index (χ2n) is 3.84. The normalized spacial score (nSPS) is 10.5. The molecule has 0 bridgehead atoms. The number of hydrogen-bond donors (Lipinski definition) is 1. The van der Waals surface area contributed by atoms with Gasteiger partial charge in [-0.2, -0.15) is 0 Å². The van der Waals surface area contributed by atoms with Crippen molar-refractivity contribution in [1.29, 1.82) is 0 Å². The molecule has 0 fully saturated rings. The first-order chi connectivity index (χ1) is 9.31. The van der Waals surface area contributed by atoms with Crippen molar-refractivity contribution in [3.63, 3.8) is 0 Å². The summed E-state index contributed by atoms with van der Waals surface area (Å²) in [6.07, 6.45) is 1.50. The first-order valence-corrected chi connectivity index (χ1v) is 5.90. The van der Waals surface area contributed by atoms with Crippen LogP contribution in [0.15, 0.2) is 18.5 Å². The molecule has 1 aromatic heterocycles. The highest BCUT2D eigenvalue weighted by Gasteiger charge is 2.12. The van der Waals surface area contributed by atoms with Crippen molar-refractivity contribution in [2.75, 3.05) is 39.8 Å². The maximum Gasteiger partial charge on any atom is 0.187 e. The van der Waals surface area contributed by atoms with Crippen molar-refractivity contribution in [3.05, 3.63) is 18.5 Å². The molecular formula is C13H17N3O3. The summed E-state index contributed by atoms with van der Waals surface area (Å²) >= 11 is 0. The Morgan fingerprint density at radius 1 is 1.11 bits per heavy atom. The van der Waals surface area contributed by atoms with Gasteiger partial charge in [0, 0.05) is 19.0 Å². The highest BCUT2D eigenvalue weighted by atomic mass is 16.5. The Morgan fingerprint density at radius 2 is 1.95 bits per heavy atom. The van der Waals surface area contributed by atoms with Crippen LogP contribution in [0, 0.1) is 0 Å². The largest absolute Gasteiger partial charge is 0.493 e. The molecule has 0 saturated heterocycles. The van der Waals surface area contributed by atoms with Crippen LogP contribution < -0.4 is 14.8 Å². The molecule has 0 atom stereocenters. The maximum absolute atomic E-state index is 5.36. The first-order valence-electron chi connectivity index (χ1n) is 5.90. The zero-order chi connectivity index (χ0) is 13.7. The Bertz CT molecular complexity index is 560. The number of nitrogens with zero attached hydrogens (tertiary/aromatic N) is 2. The molecule has 0 radical (unpaired) electrons. The van der Waals surface area contributed by atoms with E-state index in [9.17, 15) is 0 Å². The Morgan fingerprint density at radius 3 is 2.63 bits per heavy atom. The number of fused-ring (bicyclic) bond motifs is 1. The molecule has 102 valence electrons. The fourth-order valence-electron chi connectivity index (χ4n) is 1.86. The zero-order valence-electron chi connectivity index (χ0n) is 11.3. The summed E-state index contributed by atoms with van der Waals surface area (Å²) < 4.78 is 15.6. The molecule has 0 aliphatic heterocycles. The van der Waals surface area contributed by atoms with Crippen molar-refractivity contribution in [1.82, 2.24) is 9.97 Å². The zero-order valence-corrected chi connectivity index (χ0v) is 11.3. The monoisotopic (exact) mass is 263 g/mol. The summed E-state index contributed by atoms with van der Waals surface area (Å²) in [5, 5.41) is 4.09. The van der Waals surface area contributed by atoms with Gasteiger partial charge in [0.1, 0.15) is 17.7 Å². The Balaban J connectivity index is 2.45. The number of nitrogens with one attached hydrogen (secondary N) is 1. The van der Waals surface area contributed by atoms with Gasteiger partial charge in [-0.25, -0.2) is 9.97 Å². The molecule has 0 saturated carbocycles. The van der Waals surface area contributed by atoms with Crippen LogP contribution in [0.25, 0.3) is 10.9 Å². The standard InChI is InChI=1S/C13H17N3O3/c1-17-7-6-14-13-9-4-5-10(18-2)12(19-3)11(9)15-8-16-13/h4-5,8H,6-7H2,1-3H3,(H,14,15,16). The van der Waals surface area contributed by atoms with E-state index in [1.54, 1.807) is 21.3 Å². The molecule has 0 aliphatic rings. The highest BCUT2D eigenvalue weighted by Crippen LogP contribution is 2.35. The second-order valence-corrected chi connectivity index (χ2v) is 3.84. The Kier molecular flexibility index (Phi) is 4.35. The number of benzene rings is 1. The minimum absolute atomic E-state index is 0.609. The summed E-state index contributed by atoms with van der Waals surface area (Å²) in [6, 6.07) is 3.75. The van der Waals surface area contributed by atoms with Crippen LogP contribution in [-0.2, 0) is 4.74 Å². The maximum atomic E-state index is 5.36. The average Bonchev–Trinajstić information content (AvgIpc) is 2.46. The van der Waals surface area contributed by atoms with Crippen LogP contribution in [0.1, 0.15) is 0 Å². The van der Waals surface area contributed by atoms with Gasteiger partial charge in [0.2, 0.25) is 0 Å². The minimum Gasteiger partial charge on any atom is -0.493 e. The summed E-state index contributed by atoms with van der Waals surface area (Å²) in [7, 11) is 4.85. The van der Waals surface area contributed by atoms with E-state index < -0.39 is 0 Å². The molecule has 0 amide bonds. The third kappa shape index (κ3) is 2.68. The number of anilines is 1. The lowest BCUT2D eigenvalue weighted by molar-refractivity contribution is 0.210. The molecule has 6 nitrogen and oxygen atoms in total. The first kappa shape index (κ1) is 13.4. The molecule has 19 heavy (non-hydrogen) atoms. The van der Waals surface area contributed by atoms with Crippen molar-refractivity contribution in [3.8, 4) is 11.5 Å². The van der Waals surface area contributed by atoms with Crippen LogP contribution in [0.2, 0.25) is 0 Å². The summed E-state index contributed by atoms with van der Waals surface area (Å²) in [6.45, 7) is 1.29. The molecule has 0 spiro atoms. The van der Waals surface area contributed by atoms with E-state index in [-0.39, 0.29) is 0 Å². The topological polar surface area (TPSA) is 65.5 Å².